The molecular weight excluding hydrogens is 713 g/mol. The standard InChI is InChI=1S/C29H21Cl2N5O10S2/c1-29(2,3)23-20(25(37)36(35-23)14-7-12(26(38)39)6-13(8-14)27(40)41)34-33-19-16(30)9-11(10-17(19)31)24-32-18-5-4-15(28(42)43)22(21(18)47-24)48(44,45)46/h4-10,37H,1-3H3,(H,38,39)(H,40,41)(H,42,43)(H,44,45,46). The number of carboxylic acids is 3. The highest BCUT2D eigenvalue weighted by atomic mass is 35.5. The minimum atomic E-state index is -4.95. The number of carbonyl (C=O) groups is 3. The molecule has 0 aliphatic carbocycles. The van der Waals surface area contributed by atoms with Crippen LogP contribution in [0.15, 0.2) is 57.6 Å². The third kappa shape index (κ3) is 6.45. The van der Waals surface area contributed by atoms with E-state index in [1.165, 1.54) is 18.2 Å². The molecule has 0 atom stereocenters. The Morgan fingerprint density at radius 2 is 1.44 bits per heavy atom. The van der Waals surface area contributed by atoms with Gasteiger partial charge in [0.15, 0.2) is 5.69 Å². The number of azo groups is 1. The Labute approximate surface area is 284 Å². The molecule has 0 radical (unpaired) electrons. The van der Waals surface area contributed by atoms with Gasteiger partial charge in [-0.05, 0) is 42.5 Å². The van der Waals surface area contributed by atoms with Crippen molar-refractivity contribution in [3.05, 3.63) is 74.9 Å². The number of benzene rings is 3. The molecule has 0 spiro atoms. The van der Waals surface area contributed by atoms with E-state index in [1.807, 2.05) is 0 Å². The third-order valence-electron chi connectivity index (χ3n) is 6.72. The Morgan fingerprint density at radius 1 is 0.875 bits per heavy atom. The minimum absolute atomic E-state index is 0.0498. The Balaban J connectivity index is 1.60. The van der Waals surface area contributed by atoms with Crippen LogP contribution in [0.1, 0.15) is 57.5 Å². The van der Waals surface area contributed by atoms with Gasteiger partial charge in [0.2, 0.25) is 5.88 Å². The lowest BCUT2D eigenvalue weighted by Crippen LogP contribution is -2.13. The second-order valence-electron chi connectivity index (χ2n) is 11.1. The number of fused-ring (bicyclic) bond motifs is 1. The molecule has 0 aliphatic rings. The molecule has 48 heavy (non-hydrogen) atoms. The summed E-state index contributed by atoms with van der Waals surface area (Å²) in [6.45, 7) is 5.27. The SMILES string of the molecule is CC(C)(C)c1nn(-c2cc(C(=O)O)cc(C(=O)O)c2)c(O)c1N=Nc1c(Cl)cc(-c2nc3ccc(C(=O)O)c(S(=O)(=O)O)c3s2)cc1Cl. The number of nitrogens with zero attached hydrogens (tertiary/aromatic N) is 5. The molecule has 0 aliphatic heterocycles. The number of rotatable bonds is 8. The zero-order valence-electron chi connectivity index (χ0n) is 24.6. The van der Waals surface area contributed by atoms with Gasteiger partial charge in [0.25, 0.3) is 10.1 Å². The van der Waals surface area contributed by atoms with Gasteiger partial charge in [0.05, 0.1) is 48.3 Å². The molecule has 3 aromatic carbocycles. The Morgan fingerprint density at radius 3 is 1.94 bits per heavy atom. The van der Waals surface area contributed by atoms with Gasteiger partial charge in [-0.3, -0.25) is 4.55 Å². The predicted octanol–water partition coefficient (Wildman–Crippen LogP) is 7.22. The Kier molecular flexibility index (Phi) is 8.78. The van der Waals surface area contributed by atoms with Crippen molar-refractivity contribution in [2.45, 2.75) is 31.1 Å². The van der Waals surface area contributed by atoms with E-state index in [0.29, 0.717) is 5.56 Å². The number of aromatic hydroxyl groups is 1. The molecule has 5 aromatic rings. The van der Waals surface area contributed by atoms with Crippen molar-refractivity contribution < 1.29 is 47.8 Å². The lowest BCUT2D eigenvalue weighted by atomic mass is 9.91. The first-order chi connectivity index (χ1) is 22.3. The maximum absolute atomic E-state index is 12.1. The zero-order valence-corrected chi connectivity index (χ0v) is 27.8. The predicted molar refractivity (Wildman–Crippen MR) is 174 cm³/mol. The quantitative estimate of drug-likeness (QED) is 0.0784. The first-order valence-corrected chi connectivity index (χ1v) is 16.3. The van der Waals surface area contributed by atoms with E-state index >= 15 is 0 Å². The lowest BCUT2D eigenvalue weighted by molar-refractivity contribution is 0.0680. The lowest BCUT2D eigenvalue weighted by Gasteiger charge is -2.15. The first kappa shape index (κ1) is 34.4. The maximum atomic E-state index is 12.1. The van der Waals surface area contributed by atoms with E-state index in [-0.39, 0.29) is 59.2 Å². The van der Waals surface area contributed by atoms with Crippen molar-refractivity contribution in [2.75, 3.05) is 0 Å². The van der Waals surface area contributed by atoms with E-state index in [0.717, 1.165) is 40.3 Å². The molecule has 0 saturated carbocycles. The number of aromatic carboxylic acids is 3. The molecule has 19 heteroatoms. The van der Waals surface area contributed by atoms with Crippen LogP contribution in [0.25, 0.3) is 26.5 Å². The van der Waals surface area contributed by atoms with Gasteiger partial charge in [-0.25, -0.2) is 19.4 Å². The monoisotopic (exact) mass is 733 g/mol. The van der Waals surface area contributed by atoms with Crippen molar-refractivity contribution in [3.8, 4) is 22.1 Å². The molecule has 0 fully saturated rings. The van der Waals surface area contributed by atoms with Crippen LogP contribution < -0.4 is 0 Å². The molecular formula is C29H21Cl2N5O10S2. The minimum Gasteiger partial charge on any atom is -0.492 e. The fourth-order valence-corrected chi connectivity index (χ4v) is 7.33. The fourth-order valence-electron chi connectivity index (χ4n) is 4.56. The van der Waals surface area contributed by atoms with Gasteiger partial charge in [-0.2, -0.15) is 18.2 Å². The van der Waals surface area contributed by atoms with Crippen LogP contribution in [-0.4, -0.2) is 66.1 Å². The molecule has 0 saturated heterocycles. The summed E-state index contributed by atoms with van der Waals surface area (Å²) in [7, 11) is -4.95. The second-order valence-corrected chi connectivity index (χ2v) is 14.3. The van der Waals surface area contributed by atoms with Crippen molar-refractivity contribution >= 4 is 84.2 Å². The topological polar surface area (TPSA) is 242 Å². The zero-order chi connectivity index (χ0) is 35.5. The molecule has 2 heterocycles. The van der Waals surface area contributed by atoms with Crippen LogP contribution in [0.4, 0.5) is 11.4 Å². The molecule has 0 amide bonds. The summed E-state index contributed by atoms with van der Waals surface area (Å²) in [5.41, 5.74) is -1.79. The summed E-state index contributed by atoms with van der Waals surface area (Å²) < 4.78 is 34.7. The first-order valence-electron chi connectivity index (χ1n) is 13.3. The van der Waals surface area contributed by atoms with E-state index in [2.05, 4.69) is 20.3 Å². The van der Waals surface area contributed by atoms with Gasteiger partial charge in [-0.1, -0.05) is 44.0 Å². The van der Waals surface area contributed by atoms with Gasteiger partial charge in [0.1, 0.15) is 15.6 Å². The molecule has 5 N–H and O–H groups in total. The van der Waals surface area contributed by atoms with Gasteiger partial charge in [0, 0.05) is 11.0 Å². The average molecular weight is 735 g/mol. The van der Waals surface area contributed by atoms with Crippen molar-refractivity contribution in [1.82, 2.24) is 14.8 Å². The molecule has 15 nitrogen and oxygen atoms in total. The fraction of sp³-hybridized carbons (Fsp3) is 0.138. The van der Waals surface area contributed by atoms with Crippen molar-refractivity contribution in [1.29, 1.82) is 0 Å². The number of halogens is 2. The number of carboxylic acid groups (broad SMARTS) is 3. The summed E-state index contributed by atoms with van der Waals surface area (Å²) in [4.78, 5) is 38.5. The molecule has 5 rings (SSSR count). The summed E-state index contributed by atoms with van der Waals surface area (Å²) in [5, 5.41) is 52.3. The Hall–Kier alpha value is -4.94. The van der Waals surface area contributed by atoms with E-state index in [9.17, 15) is 47.8 Å². The summed E-state index contributed by atoms with van der Waals surface area (Å²) in [5.74, 6) is -4.95. The highest BCUT2D eigenvalue weighted by Gasteiger charge is 2.29. The van der Waals surface area contributed by atoms with Crippen LogP contribution >= 0.6 is 34.5 Å². The second kappa shape index (κ2) is 12.3. The van der Waals surface area contributed by atoms with Crippen LogP contribution in [0.5, 0.6) is 5.88 Å². The van der Waals surface area contributed by atoms with E-state index in [1.54, 1.807) is 20.8 Å². The van der Waals surface area contributed by atoms with Gasteiger partial charge < -0.3 is 20.4 Å². The number of hydrogen-bond acceptors (Lipinski definition) is 11. The van der Waals surface area contributed by atoms with Crippen molar-refractivity contribution in [2.24, 2.45) is 10.2 Å². The molecule has 248 valence electrons. The highest BCUT2D eigenvalue weighted by Crippen LogP contribution is 2.44. The van der Waals surface area contributed by atoms with Crippen LogP contribution in [0.2, 0.25) is 10.0 Å². The average Bonchev–Trinajstić information content (AvgIpc) is 3.56. The summed E-state index contributed by atoms with van der Waals surface area (Å²) in [6, 6.07) is 8.31. The summed E-state index contributed by atoms with van der Waals surface area (Å²) in [6.07, 6.45) is 0. The van der Waals surface area contributed by atoms with E-state index < -0.39 is 49.8 Å². The van der Waals surface area contributed by atoms with Gasteiger partial charge in [-0.15, -0.1) is 21.6 Å². The van der Waals surface area contributed by atoms with Gasteiger partial charge >= 0.3 is 17.9 Å². The number of thiazole rings is 1. The molecule has 0 bridgehead atoms. The van der Waals surface area contributed by atoms with Crippen LogP contribution in [-0.2, 0) is 15.5 Å². The number of aromatic nitrogens is 3. The third-order valence-corrected chi connectivity index (χ3v) is 9.50. The highest BCUT2D eigenvalue weighted by molar-refractivity contribution is 7.86. The summed E-state index contributed by atoms with van der Waals surface area (Å²) >= 11 is 13.8. The molecule has 0 unspecified atom stereocenters. The number of hydrogen-bond donors (Lipinski definition) is 5. The smallest absolute Gasteiger partial charge is 0.337 e. The maximum Gasteiger partial charge on any atom is 0.337 e. The van der Waals surface area contributed by atoms with Crippen LogP contribution in [0.3, 0.4) is 0 Å². The largest absolute Gasteiger partial charge is 0.492 e. The van der Waals surface area contributed by atoms with Crippen molar-refractivity contribution in [3.63, 3.8) is 0 Å². The van der Waals surface area contributed by atoms with Crippen LogP contribution in [0, 0.1) is 0 Å². The normalized spacial score (nSPS) is 12.2. The Bertz CT molecular complexity index is 2290. The van der Waals surface area contributed by atoms with E-state index in [4.69, 9.17) is 23.2 Å². The molecule has 2 aromatic heterocycles.